The summed E-state index contributed by atoms with van der Waals surface area (Å²) in [7, 11) is 4.47. The lowest BCUT2D eigenvalue weighted by Crippen LogP contribution is -2.37. The Labute approximate surface area is 112 Å². The molecule has 0 atom stereocenters. The third-order valence-corrected chi connectivity index (χ3v) is 2.94. The fraction of sp³-hybridized carbons (Fsp3) is 0.615. The van der Waals surface area contributed by atoms with E-state index in [9.17, 15) is 9.18 Å². The number of carbonyl (C=O) groups is 1. The summed E-state index contributed by atoms with van der Waals surface area (Å²) in [5.74, 6) is 0.0885. The van der Waals surface area contributed by atoms with Gasteiger partial charge in [0.05, 0.1) is 19.4 Å². The first-order valence-electron chi connectivity index (χ1n) is 6.00. The van der Waals surface area contributed by atoms with Crippen LogP contribution >= 0.6 is 0 Å². The number of carbonyl (C=O) groups excluding carboxylic acids is 1. The summed E-state index contributed by atoms with van der Waals surface area (Å²) in [5, 5.41) is 0. The molecule has 0 aromatic carbocycles. The van der Waals surface area contributed by atoms with E-state index in [1.54, 1.807) is 0 Å². The average Bonchev–Trinajstić information content (AvgIpc) is 2.39. The van der Waals surface area contributed by atoms with Crippen LogP contribution in [0.4, 0.5) is 4.39 Å². The molecule has 0 aromatic rings. The van der Waals surface area contributed by atoms with Crippen LogP contribution in [0.5, 0.6) is 0 Å². The average molecular weight is 273 g/mol. The van der Waals surface area contributed by atoms with Crippen LogP contribution < -0.4 is 0 Å². The fourth-order valence-corrected chi connectivity index (χ4v) is 1.89. The summed E-state index contributed by atoms with van der Waals surface area (Å²) in [6.45, 7) is 1.58. The Morgan fingerprint density at radius 3 is 2.47 bits per heavy atom. The van der Waals surface area contributed by atoms with Gasteiger partial charge in [0.2, 0.25) is 5.91 Å². The van der Waals surface area contributed by atoms with Crippen molar-refractivity contribution in [1.29, 1.82) is 0 Å². The monoisotopic (exact) mass is 273 g/mol. The van der Waals surface area contributed by atoms with Crippen LogP contribution in [0.15, 0.2) is 23.4 Å². The molecule has 6 heteroatoms. The molecule has 0 heterocycles. The second-order valence-corrected chi connectivity index (χ2v) is 4.13. The quantitative estimate of drug-likeness (QED) is 0.694. The number of allylic oxidation sites excluding steroid dienone is 3. The smallest absolute Gasteiger partial charge is 0.224 e. The zero-order chi connectivity index (χ0) is 14.4. The molecule has 0 bridgehead atoms. The highest BCUT2D eigenvalue weighted by molar-refractivity contribution is 5.76. The van der Waals surface area contributed by atoms with E-state index < -0.39 is 6.29 Å². The predicted octanol–water partition coefficient (Wildman–Crippen LogP) is 1.96. The van der Waals surface area contributed by atoms with Gasteiger partial charge in [-0.1, -0.05) is 0 Å². The van der Waals surface area contributed by atoms with Crippen LogP contribution in [0, 0.1) is 0 Å². The maximum atomic E-state index is 13.4. The number of halogens is 1. The normalized spacial score (nSPS) is 15.6. The molecule has 0 fully saturated rings. The molecule has 0 aromatic heterocycles. The number of amides is 1. The first kappa shape index (κ1) is 15.7. The molecule has 1 rings (SSSR count). The lowest BCUT2D eigenvalue weighted by atomic mass is 10.1. The molecule has 0 saturated carbocycles. The minimum atomic E-state index is -0.576. The van der Waals surface area contributed by atoms with Gasteiger partial charge < -0.3 is 19.1 Å². The van der Waals surface area contributed by atoms with Gasteiger partial charge in [-0.15, -0.1) is 0 Å². The van der Waals surface area contributed by atoms with E-state index in [-0.39, 0.29) is 24.7 Å². The number of nitrogens with zero attached hydrogens (tertiary/aromatic N) is 1. The molecule has 5 nitrogen and oxygen atoms in total. The van der Waals surface area contributed by atoms with Gasteiger partial charge in [-0.2, -0.15) is 0 Å². The maximum Gasteiger partial charge on any atom is 0.224 e. The molecule has 108 valence electrons. The molecular weight excluding hydrogens is 253 g/mol. The van der Waals surface area contributed by atoms with Gasteiger partial charge >= 0.3 is 0 Å². The lowest BCUT2D eigenvalue weighted by Gasteiger charge is -2.29. The van der Waals surface area contributed by atoms with Crippen molar-refractivity contribution < 1.29 is 23.4 Å². The van der Waals surface area contributed by atoms with Crippen molar-refractivity contribution in [2.75, 3.05) is 27.9 Å². The number of hydrogen-bond donors (Lipinski definition) is 0. The minimum absolute atomic E-state index is 0.175. The van der Waals surface area contributed by atoms with Gasteiger partial charge in [-0.25, -0.2) is 4.39 Å². The molecule has 0 N–H and O–H groups in total. The number of methoxy groups -OCH3 is 3. The molecule has 1 aliphatic carbocycles. The number of ether oxygens (including phenoxy) is 3. The largest absolute Gasteiger partial charge is 0.499 e. The second-order valence-electron chi connectivity index (χ2n) is 4.13. The van der Waals surface area contributed by atoms with Gasteiger partial charge in [0.25, 0.3) is 0 Å². The van der Waals surface area contributed by atoms with E-state index in [0.29, 0.717) is 17.9 Å². The summed E-state index contributed by atoms with van der Waals surface area (Å²) in [6, 6.07) is 0. The molecule has 1 amide bonds. The predicted molar refractivity (Wildman–Crippen MR) is 67.7 cm³/mol. The van der Waals surface area contributed by atoms with Crippen LogP contribution in [-0.2, 0) is 19.0 Å². The van der Waals surface area contributed by atoms with Crippen molar-refractivity contribution in [2.24, 2.45) is 0 Å². The number of hydrogen-bond acceptors (Lipinski definition) is 4. The van der Waals surface area contributed by atoms with Crippen molar-refractivity contribution in [3.05, 3.63) is 23.4 Å². The Kier molecular flexibility index (Phi) is 5.98. The Morgan fingerprint density at radius 2 is 2.00 bits per heavy atom. The van der Waals surface area contributed by atoms with Crippen molar-refractivity contribution in [1.82, 2.24) is 4.90 Å². The minimum Gasteiger partial charge on any atom is -0.499 e. The summed E-state index contributed by atoms with van der Waals surface area (Å²) in [5.41, 5.74) is 0.429. The SMILES string of the molecule is COC1=C(N(CC(OC)OC)C(C)=O)C=C(F)CC1. The zero-order valence-electron chi connectivity index (χ0n) is 11.7. The van der Waals surface area contributed by atoms with Crippen LogP contribution in [0.25, 0.3) is 0 Å². The topological polar surface area (TPSA) is 48.0 Å². The van der Waals surface area contributed by atoms with Gasteiger partial charge in [-0.3, -0.25) is 4.79 Å². The lowest BCUT2D eigenvalue weighted by molar-refractivity contribution is -0.140. The number of rotatable bonds is 6. The van der Waals surface area contributed by atoms with E-state index in [0.717, 1.165) is 0 Å². The van der Waals surface area contributed by atoms with E-state index >= 15 is 0 Å². The van der Waals surface area contributed by atoms with Gasteiger partial charge in [0.1, 0.15) is 11.6 Å². The summed E-state index contributed by atoms with van der Waals surface area (Å²) in [4.78, 5) is 13.2. The van der Waals surface area contributed by atoms with Crippen molar-refractivity contribution >= 4 is 5.91 Å². The van der Waals surface area contributed by atoms with E-state index in [1.165, 1.54) is 39.2 Å². The van der Waals surface area contributed by atoms with Gasteiger partial charge in [0, 0.05) is 34.0 Å². The third-order valence-electron chi connectivity index (χ3n) is 2.94. The molecule has 19 heavy (non-hydrogen) atoms. The van der Waals surface area contributed by atoms with Gasteiger partial charge in [-0.05, 0) is 6.08 Å². The summed E-state index contributed by atoms with van der Waals surface area (Å²) in [6.07, 6.45) is 1.47. The first-order chi connectivity index (χ1) is 9.03. The van der Waals surface area contributed by atoms with E-state index in [4.69, 9.17) is 14.2 Å². The van der Waals surface area contributed by atoms with Gasteiger partial charge in [0.15, 0.2) is 6.29 Å². The Morgan fingerprint density at radius 1 is 1.37 bits per heavy atom. The molecule has 0 radical (unpaired) electrons. The van der Waals surface area contributed by atoms with Crippen molar-refractivity contribution in [3.63, 3.8) is 0 Å². The Balaban J connectivity index is 3.03. The first-order valence-corrected chi connectivity index (χ1v) is 6.00. The Hall–Kier alpha value is -1.40. The van der Waals surface area contributed by atoms with Crippen LogP contribution in [0.2, 0.25) is 0 Å². The van der Waals surface area contributed by atoms with Crippen LogP contribution in [-0.4, -0.2) is 45.0 Å². The molecule has 0 saturated heterocycles. The standard InChI is InChI=1S/C13H20FNO4/c1-9(16)15(8-13(18-3)19-4)11-7-10(14)5-6-12(11)17-2/h7,13H,5-6,8H2,1-4H3. The van der Waals surface area contributed by atoms with Crippen molar-refractivity contribution in [2.45, 2.75) is 26.1 Å². The third kappa shape index (κ3) is 4.04. The van der Waals surface area contributed by atoms with E-state index in [1.807, 2.05) is 0 Å². The van der Waals surface area contributed by atoms with Crippen LogP contribution in [0.1, 0.15) is 19.8 Å². The molecule has 0 spiro atoms. The van der Waals surface area contributed by atoms with E-state index in [2.05, 4.69) is 0 Å². The van der Waals surface area contributed by atoms with Crippen LogP contribution in [0.3, 0.4) is 0 Å². The van der Waals surface area contributed by atoms with Crippen molar-refractivity contribution in [3.8, 4) is 0 Å². The summed E-state index contributed by atoms with van der Waals surface area (Å²) >= 11 is 0. The highest BCUT2D eigenvalue weighted by atomic mass is 19.1. The Bertz CT molecular complexity index is 388. The second kappa shape index (κ2) is 7.25. The molecule has 0 unspecified atom stereocenters. The fourth-order valence-electron chi connectivity index (χ4n) is 1.89. The molecular formula is C13H20FNO4. The highest BCUT2D eigenvalue weighted by Crippen LogP contribution is 2.27. The highest BCUT2D eigenvalue weighted by Gasteiger charge is 2.24. The molecule has 1 aliphatic rings. The molecule has 0 aliphatic heterocycles. The zero-order valence-corrected chi connectivity index (χ0v) is 11.7. The maximum absolute atomic E-state index is 13.4. The summed E-state index contributed by atoms with van der Waals surface area (Å²) < 4.78 is 28.8.